The Morgan fingerprint density at radius 1 is 1.21 bits per heavy atom. The molecular weight excluding hydrogens is 373 g/mol. The molecule has 1 aliphatic carbocycles. The van der Waals surface area contributed by atoms with Crippen molar-refractivity contribution in [1.82, 2.24) is 15.3 Å². The van der Waals surface area contributed by atoms with E-state index in [0.29, 0.717) is 23.6 Å². The zero-order chi connectivity index (χ0) is 20.1. The van der Waals surface area contributed by atoms with Crippen LogP contribution in [0.2, 0.25) is 0 Å². The van der Waals surface area contributed by atoms with Crippen LogP contribution in [-0.4, -0.2) is 34.7 Å². The largest absolute Gasteiger partial charge is 0.475 e. The smallest absolute Gasteiger partial charge is 0.255 e. The van der Waals surface area contributed by atoms with E-state index in [4.69, 9.17) is 4.74 Å². The Balaban J connectivity index is 1.53. The van der Waals surface area contributed by atoms with Crippen LogP contribution < -0.4 is 15.6 Å². The molecular formula is C22H22FN3O3. The van der Waals surface area contributed by atoms with Crippen molar-refractivity contribution < 1.29 is 13.9 Å². The summed E-state index contributed by atoms with van der Waals surface area (Å²) < 4.78 is 20.0. The van der Waals surface area contributed by atoms with Crippen LogP contribution in [0, 0.1) is 5.92 Å². The standard InChI is InChI=1S/C22H22FN3O3/c1-2-13-18(26-21(28)19(13)23)10-29-22-14-8-15-16(7-12(14)5-6-24-22)20(27)25-9-17(15)11-3-4-11/h5-9,11,13,18-19H,2-4,10H2,1H3,(H,25,27)(H,26,28)/t13-,18+,19-/m0/s1. The van der Waals surface area contributed by atoms with Gasteiger partial charge in [0.25, 0.3) is 11.5 Å². The number of carbonyl (C=O) groups is 1. The Morgan fingerprint density at radius 2 is 2.03 bits per heavy atom. The number of pyridine rings is 2. The SMILES string of the molecule is CC[C@@H]1[C@H](F)C(=O)N[C@@H]1COc1nccc2cc3c(=O)[nH]cc(C4CC4)c3cc12. The quantitative estimate of drug-likeness (QED) is 0.650. The lowest BCUT2D eigenvalue weighted by atomic mass is 9.97. The number of fused-ring (bicyclic) bond motifs is 2. The molecule has 2 fully saturated rings. The Bertz CT molecular complexity index is 1170. The van der Waals surface area contributed by atoms with Gasteiger partial charge in [0.15, 0.2) is 6.17 Å². The molecule has 1 saturated heterocycles. The van der Waals surface area contributed by atoms with E-state index in [9.17, 15) is 14.0 Å². The second-order valence-corrected chi connectivity index (χ2v) is 7.98. The number of rotatable bonds is 5. The highest BCUT2D eigenvalue weighted by molar-refractivity contribution is 6.01. The molecule has 2 aromatic heterocycles. The monoisotopic (exact) mass is 395 g/mol. The maximum Gasteiger partial charge on any atom is 0.255 e. The van der Waals surface area contributed by atoms with Crippen molar-refractivity contribution in [2.75, 3.05) is 6.61 Å². The summed E-state index contributed by atoms with van der Waals surface area (Å²) in [5.74, 6) is -0.0693. The van der Waals surface area contributed by atoms with E-state index in [0.717, 1.165) is 34.6 Å². The highest BCUT2D eigenvalue weighted by Gasteiger charge is 2.41. The average molecular weight is 395 g/mol. The maximum absolute atomic E-state index is 14.0. The number of carbonyl (C=O) groups excluding carboxylic acids is 1. The van der Waals surface area contributed by atoms with Crippen LogP contribution >= 0.6 is 0 Å². The van der Waals surface area contributed by atoms with Gasteiger partial charge in [0.2, 0.25) is 5.88 Å². The predicted octanol–water partition coefficient (Wildman–Crippen LogP) is 3.20. The average Bonchev–Trinajstić information content (AvgIpc) is 3.52. The summed E-state index contributed by atoms with van der Waals surface area (Å²) in [6.07, 6.45) is 4.75. The minimum absolute atomic E-state index is 0.112. The number of nitrogens with one attached hydrogen (secondary N) is 2. The second kappa shape index (κ2) is 6.83. The van der Waals surface area contributed by atoms with E-state index in [1.54, 1.807) is 6.20 Å². The first-order chi connectivity index (χ1) is 14.1. The summed E-state index contributed by atoms with van der Waals surface area (Å²) in [6, 6.07) is 5.30. The van der Waals surface area contributed by atoms with Gasteiger partial charge in [0, 0.05) is 29.1 Å². The Kier molecular flexibility index (Phi) is 4.26. The van der Waals surface area contributed by atoms with Gasteiger partial charge >= 0.3 is 0 Å². The molecule has 1 amide bonds. The third-order valence-corrected chi connectivity index (χ3v) is 6.14. The first-order valence-electron chi connectivity index (χ1n) is 10.1. The van der Waals surface area contributed by atoms with Crippen LogP contribution in [0.3, 0.4) is 0 Å². The second-order valence-electron chi connectivity index (χ2n) is 7.98. The van der Waals surface area contributed by atoms with Gasteiger partial charge in [-0.2, -0.15) is 0 Å². The van der Waals surface area contributed by atoms with Crippen LogP contribution in [0.25, 0.3) is 21.5 Å². The number of amides is 1. The number of H-pyrrole nitrogens is 1. The third-order valence-electron chi connectivity index (χ3n) is 6.14. The number of hydrogen-bond acceptors (Lipinski definition) is 4. The lowest BCUT2D eigenvalue weighted by molar-refractivity contribution is -0.123. The summed E-state index contributed by atoms with van der Waals surface area (Å²) in [4.78, 5) is 31.2. The normalized spacial score (nSPS) is 24.2. The minimum Gasteiger partial charge on any atom is -0.475 e. The Labute approximate surface area is 166 Å². The fraction of sp³-hybridized carbons (Fsp3) is 0.409. The molecule has 2 N–H and O–H groups in total. The van der Waals surface area contributed by atoms with E-state index < -0.39 is 18.0 Å². The van der Waals surface area contributed by atoms with Gasteiger partial charge in [-0.1, -0.05) is 6.92 Å². The summed E-state index contributed by atoms with van der Waals surface area (Å²) in [7, 11) is 0. The molecule has 0 unspecified atom stereocenters. The Hall–Kier alpha value is -2.96. The van der Waals surface area contributed by atoms with Crippen molar-refractivity contribution in [2.24, 2.45) is 5.92 Å². The molecule has 1 saturated carbocycles. The van der Waals surface area contributed by atoms with Gasteiger partial charge in [-0.25, -0.2) is 9.37 Å². The van der Waals surface area contributed by atoms with E-state index >= 15 is 0 Å². The van der Waals surface area contributed by atoms with Gasteiger partial charge in [-0.3, -0.25) is 9.59 Å². The van der Waals surface area contributed by atoms with Gasteiger partial charge in [0.1, 0.15) is 6.61 Å². The van der Waals surface area contributed by atoms with Gasteiger partial charge in [-0.05, 0) is 59.7 Å². The molecule has 1 aliphatic heterocycles. The number of ether oxygens (including phenoxy) is 1. The van der Waals surface area contributed by atoms with E-state index in [1.807, 2.05) is 31.3 Å². The topological polar surface area (TPSA) is 84.1 Å². The van der Waals surface area contributed by atoms with Crippen molar-refractivity contribution in [1.29, 1.82) is 0 Å². The van der Waals surface area contributed by atoms with Gasteiger partial charge in [-0.15, -0.1) is 0 Å². The zero-order valence-corrected chi connectivity index (χ0v) is 16.1. The lowest BCUT2D eigenvalue weighted by Gasteiger charge is -2.18. The van der Waals surface area contributed by atoms with Crippen molar-refractivity contribution >= 4 is 27.5 Å². The number of aromatic amines is 1. The maximum atomic E-state index is 14.0. The number of benzene rings is 1. The fourth-order valence-corrected chi connectivity index (χ4v) is 4.36. The van der Waals surface area contributed by atoms with Crippen molar-refractivity contribution in [3.63, 3.8) is 0 Å². The Morgan fingerprint density at radius 3 is 2.79 bits per heavy atom. The van der Waals surface area contributed by atoms with E-state index in [2.05, 4.69) is 15.3 Å². The van der Waals surface area contributed by atoms with Crippen LogP contribution in [0.5, 0.6) is 5.88 Å². The highest BCUT2D eigenvalue weighted by atomic mass is 19.1. The molecule has 150 valence electrons. The summed E-state index contributed by atoms with van der Waals surface area (Å²) in [5, 5.41) is 5.92. The summed E-state index contributed by atoms with van der Waals surface area (Å²) in [5.41, 5.74) is 1.03. The molecule has 0 spiro atoms. The summed E-state index contributed by atoms with van der Waals surface area (Å²) in [6.45, 7) is 2.02. The first-order valence-corrected chi connectivity index (χ1v) is 10.1. The number of alkyl halides is 1. The lowest BCUT2D eigenvalue weighted by Crippen LogP contribution is -2.34. The van der Waals surface area contributed by atoms with Crippen LogP contribution in [0.1, 0.15) is 37.7 Å². The molecule has 5 rings (SSSR count). The molecule has 3 atom stereocenters. The number of hydrogen-bond donors (Lipinski definition) is 2. The van der Waals surface area contributed by atoms with E-state index in [-0.39, 0.29) is 18.2 Å². The van der Waals surface area contributed by atoms with E-state index in [1.165, 1.54) is 0 Å². The number of halogens is 1. The number of aromatic nitrogens is 2. The molecule has 3 heterocycles. The molecule has 6 nitrogen and oxygen atoms in total. The summed E-state index contributed by atoms with van der Waals surface area (Å²) >= 11 is 0. The van der Waals surface area contributed by atoms with Crippen LogP contribution in [-0.2, 0) is 4.79 Å². The van der Waals surface area contributed by atoms with Crippen molar-refractivity contribution in [3.8, 4) is 5.88 Å². The van der Waals surface area contributed by atoms with Gasteiger partial charge in [0.05, 0.1) is 6.04 Å². The van der Waals surface area contributed by atoms with Crippen LogP contribution in [0.15, 0.2) is 35.4 Å². The number of nitrogens with zero attached hydrogens (tertiary/aromatic N) is 1. The van der Waals surface area contributed by atoms with Gasteiger partial charge < -0.3 is 15.0 Å². The van der Waals surface area contributed by atoms with Crippen molar-refractivity contribution in [3.05, 3.63) is 46.5 Å². The first kappa shape index (κ1) is 18.1. The molecule has 0 bridgehead atoms. The third kappa shape index (κ3) is 3.05. The molecule has 3 aromatic rings. The minimum atomic E-state index is -1.49. The fourth-order valence-electron chi connectivity index (χ4n) is 4.36. The molecule has 1 aromatic carbocycles. The van der Waals surface area contributed by atoms with Crippen molar-refractivity contribution in [2.45, 2.75) is 44.3 Å². The van der Waals surface area contributed by atoms with Crippen LogP contribution in [0.4, 0.5) is 4.39 Å². The molecule has 2 aliphatic rings. The molecule has 0 radical (unpaired) electrons. The highest BCUT2D eigenvalue weighted by Crippen LogP contribution is 2.43. The molecule has 29 heavy (non-hydrogen) atoms. The predicted molar refractivity (Wildman–Crippen MR) is 108 cm³/mol. The molecule has 7 heteroatoms. The zero-order valence-electron chi connectivity index (χ0n) is 16.1.